The third-order valence-corrected chi connectivity index (χ3v) is 3.08. The van der Waals surface area contributed by atoms with Crippen molar-refractivity contribution in [1.82, 2.24) is 5.32 Å². The Balaban J connectivity index is 2.22. The molecule has 0 aliphatic rings. The highest BCUT2D eigenvalue weighted by atomic mass is 16.6. The van der Waals surface area contributed by atoms with Crippen LogP contribution in [-0.2, 0) is 11.2 Å². The minimum absolute atomic E-state index is 0.168. The molecule has 0 aromatic heterocycles. The molecule has 0 bridgehead atoms. The van der Waals surface area contributed by atoms with Crippen LogP contribution in [0.5, 0.6) is 0 Å². The number of ether oxygens (including phenoxy) is 1. The molecule has 0 spiro atoms. The van der Waals surface area contributed by atoms with Gasteiger partial charge in [-0.05, 0) is 51.5 Å². The number of hydrogen-bond donors (Lipinski definition) is 2. The highest BCUT2D eigenvalue weighted by Gasteiger charge is 2.15. The van der Waals surface area contributed by atoms with Gasteiger partial charge >= 0.3 is 6.09 Å². The van der Waals surface area contributed by atoms with Crippen LogP contribution in [0.15, 0.2) is 30.3 Å². The summed E-state index contributed by atoms with van der Waals surface area (Å²) in [4.78, 5) is 11.5. The van der Waals surface area contributed by atoms with Gasteiger partial charge in [0.25, 0.3) is 0 Å². The number of nitrogens with one attached hydrogen (secondary N) is 1. The van der Waals surface area contributed by atoms with Gasteiger partial charge in [0.1, 0.15) is 5.60 Å². The smallest absolute Gasteiger partial charge is 0.407 e. The van der Waals surface area contributed by atoms with E-state index < -0.39 is 5.60 Å². The maximum absolute atomic E-state index is 11.5. The molecule has 0 fully saturated rings. The molecule has 1 amide bonds. The van der Waals surface area contributed by atoms with Crippen LogP contribution in [0.3, 0.4) is 0 Å². The topological polar surface area (TPSA) is 58.6 Å². The molecular weight excluding hydrogens is 266 g/mol. The summed E-state index contributed by atoms with van der Waals surface area (Å²) in [6.45, 7) is 6.26. The van der Waals surface area contributed by atoms with Gasteiger partial charge in [-0.1, -0.05) is 30.3 Å². The van der Waals surface area contributed by atoms with E-state index in [2.05, 4.69) is 17.4 Å². The summed E-state index contributed by atoms with van der Waals surface area (Å²) >= 11 is 0. The Kier molecular flexibility index (Phi) is 7.23. The predicted octanol–water partition coefficient (Wildman–Crippen LogP) is 3.14. The Morgan fingerprint density at radius 2 is 1.95 bits per heavy atom. The average molecular weight is 293 g/mol. The summed E-state index contributed by atoms with van der Waals surface area (Å²) in [5.41, 5.74) is 0.766. The van der Waals surface area contributed by atoms with Gasteiger partial charge in [0, 0.05) is 13.2 Å². The summed E-state index contributed by atoms with van der Waals surface area (Å²) in [5.74, 6) is 0.229. The van der Waals surface area contributed by atoms with Crippen LogP contribution in [0.2, 0.25) is 0 Å². The van der Waals surface area contributed by atoms with E-state index in [-0.39, 0.29) is 18.6 Å². The van der Waals surface area contributed by atoms with Crippen molar-refractivity contribution >= 4 is 6.09 Å². The lowest BCUT2D eigenvalue weighted by Gasteiger charge is -2.20. The fourth-order valence-electron chi connectivity index (χ4n) is 2.10. The minimum atomic E-state index is -0.467. The molecule has 1 aromatic carbocycles. The van der Waals surface area contributed by atoms with Crippen LogP contribution >= 0.6 is 0 Å². The molecule has 1 aromatic rings. The number of aliphatic hydroxyl groups is 1. The fourth-order valence-corrected chi connectivity index (χ4v) is 2.10. The van der Waals surface area contributed by atoms with Crippen molar-refractivity contribution in [3.63, 3.8) is 0 Å². The highest BCUT2D eigenvalue weighted by molar-refractivity contribution is 5.67. The van der Waals surface area contributed by atoms with E-state index in [1.54, 1.807) is 0 Å². The second kappa shape index (κ2) is 8.67. The normalized spacial score (nSPS) is 12.8. The Hall–Kier alpha value is -1.55. The van der Waals surface area contributed by atoms with Gasteiger partial charge in [-0.2, -0.15) is 0 Å². The van der Waals surface area contributed by atoms with Gasteiger partial charge in [-0.25, -0.2) is 4.79 Å². The number of alkyl carbamates (subject to hydrolysis) is 1. The number of carbonyl (C=O) groups excluding carboxylic acids is 1. The Morgan fingerprint density at radius 1 is 1.29 bits per heavy atom. The maximum Gasteiger partial charge on any atom is 0.407 e. The van der Waals surface area contributed by atoms with Crippen molar-refractivity contribution in [3.8, 4) is 0 Å². The first-order chi connectivity index (χ1) is 9.90. The SMILES string of the molecule is CC(C)(C)OC(=O)NCCC[C@H](CO)Cc1ccccc1. The van der Waals surface area contributed by atoms with Gasteiger partial charge in [-0.15, -0.1) is 0 Å². The lowest BCUT2D eigenvalue weighted by atomic mass is 9.95. The van der Waals surface area contributed by atoms with Crippen LogP contribution in [0.4, 0.5) is 4.79 Å². The zero-order chi connectivity index (χ0) is 15.7. The Morgan fingerprint density at radius 3 is 2.52 bits per heavy atom. The van der Waals surface area contributed by atoms with E-state index in [9.17, 15) is 9.90 Å². The van der Waals surface area contributed by atoms with Crippen LogP contribution in [0.1, 0.15) is 39.2 Å². The standard InChI is InChI=1S/C17H27NO3/c1-17(2,3)21-16(20)18-11-7-10-15(13-19)12-14-8-5-4-6-9-14/h4-6,8-9,15,19H,7,10-13H2,1-3H3,(H,18,20)/t15-/m0/s1. The molecule has 2 N–H and O–H groups in total. The summed E-state index contributed by atoms with van der Waals surface area (Å²) < 4.78 is 5.17. The van der Waals surface area contributed by atoms with Gasteiger partial charge < -0.3 is 15.2 Å². The first kappa shape index (κ1) is 17.5. The van der Waals surface area contributed by atoms with Crippen molar-refractivity contribution < 1.29 is 14.6 Å². The van der Waals surface area contributed by atoms with E-state index in [1.165, 1.54) is 5.56 Å². The lowest BCUT2D eigenvalue weighted by molar-refractivity contribution is 0.0526. The molecule has 0 saturated carbocycles. The molecule has 1 atom stereocenters. The number of benzene rings is 1. The van der Waals surface area contributed by atoms with Crippen molar-refractivity contribution in [2.45, 2.75) is 45.6 Å². The molecule has 118 valence electrons. The molecule has 0 saturated heterocycles. The number of carbonyl (C=O) groups is 1. The zero-order valence-electron chi connectivity index (χ0n) is 13.3. The van der Waals surface area contributed by atoms with Gasteiger partial charge in [-0.3, -0.25) is 0 Å². The average Bonchev–Trinajstić information content (AvgIpc) is 2.41. The second-order valence-corrected chi connectivity index (χ2v) is 6.31. The number of hydrogen-bond acceptors (Lipinski definition) is 3. The van der Waals surface area contributed by atoms with Crippen LogP contribution in [0, 0.1) is 5.92 Å². The number of amides is 1. The number of rotatable bonds is 7. The predicted molar refractivity (Wildman–Crippen MR) is 84.2 cm³/mol. The first-order valence-electron chi connectivity index (χ1n) is 7.52. The molecule has 0 aliphatic carbocycles. The molecule has 0 aliphatic heterocycles. The summed E-state index contributed by atoms with van der Waals surface area (Å²) in [6.07, 6.45) is 2.19. The second-order valence-electron chi connectivity index (χ2n) is 6.31. The molecule has 0 radical (unpaired) electrons. The quantitative estimate of drug-likeness (QED) is 0.759. The lowest BCUT2D eigenvalue weighted by Crippen LogP contribution is -2.33. The monoisotopic (exact) mass is 293 g/mol. The number of aliphatic hydroxyl groups excluding tert-OH is 1. The van der Waals surface area contributed by atoms with E-state index in [0.717, 1.165) is 19.3 Å². The Bertz CT molecular complexity index is 412. The van der Waals surface area contributed by atoms with Crippen molar-refractivity contribution in [2.75, 3.05) is 13.2 Å². The van der Waals surface area contributed by atoms with Crippen molar-refractivity contribution in [1.29, 1.82) is 0 Å². The largest absolute Gasteiger partial charge is 0.444 e. The van der Waals surface area contributed by atoms with E-state index >= 15 is 0 Å². The molecular formula is C17H27NO3. The minimum Gasteiger partial charge on any atom is -0.444 e. The zero-order valence-corrected chi connectivity index (χ0v) is 13.3. The summed E-state index contributed by atoms with van der Waals surface area (Å²) in [6, 6.07) is 10.1. The van der Waals surface area contributed by atoms with Gasteiger partial charge in [0.2, 0.25) is 0 Å². The van der Waals surface area contributed by atoms with Crippen molar-refractivity contribution in [3.05, 3.63) is 35.9 Å². The maximum atomic E-state index is 11.5. The van der Waals surface area contributed by atoms with Gasteiger partial charge in [0.05, 0.1) is 0 Å². The van der Waals surface area contributed by atoms with Crippen LogP contribution in [0.25, 0.3) is 0 Å². The van der Waals surface area contributed by atoms with Crippen molar-refractivity contribution in [2.24, 2.45) is 5.92 Å². The summed E-state index contributed by atoms with van der Waals surface area (Å²) in [7, 11) is 0. The highest BCUT2D eigenvalue weighted by Crippen LogP contribution is 2.13. The van der Waals surface area contributed by atoms with E-state index in [0.29, 0.717) is 6.54 Å². The fraction of sp³-hybridized carbons (Fsp3) is 0.588. The molecule has 0 heterocycles. The molecule has 0 unspecified atom stereocenters. The third kappa shape index (κ3) is 8.35. The first-order valence-corrected chi connectivity index (χ1v) is 7.52. The third-order valence-electron chi connectivity index (χ3n) is 3.08. The molecule has 4 heteroatoms. The van der Waals surface area contributed by atoms with Crippen LogP contribution in [-0.4, -0.2) is 30.0 Å². The molecule has 21 heavy (non-hydrogen) atoms. The van der Waals surface area contributed by atoms with E-state index in [1.807, 2.05) is 39.0 Å². The van der Waals surface area contributed by atoms with Gasteiger partial charge in [0.15, 0.2) is 0 Å². The Labute approximate surface area is 127 Å². The summed E-state index contributed by atoms with van der Waals surface area (Å²) in [5, 5.41) is 12.2. The molecule has 1 rings (SSSR count). The van der Waals surface area contributed by atoms with E-state index in [4.69, 9.17) is 4.74 Å². The van der Waals surface area contributed by atoms with Crippen LogP contribution < -0.4 is 5.32 Å². The molecule has 4 nitrogen and oxygen atoms in total.